The first-order chi connectivity index (χ1) is 9.58. The van der Waals surface area contributed by atoms with E-state index in [1.165, 1.54) is 0 Å². The normalized spacial score (nSPS) is 18.1. The molecule has 0 aromatic heterocycles. The van der Waals surface area contributed by atoms with Crippen LogP contribution in [0.25, 0.3) is 0 Å². The van der Waals surface area contributed by atoms with E-state index in [0.717, 1.165) is 26.5 Å². The van der Waals surface area contributed by atoms with Gasteiger partial charge in [-0.2, -0.15) is 4.74 Å². The summed E-state index contributed by atoms with van der Waals surface area (Å²) in [6.45, 7) is 4.09. The van der Waals surface area contributed by atoms with Crippen LogP contribution in [0.2, 0.25) is 5.02 Å². The van der Waals surface area contributed by atoms with Crippen molar-refractivity contribution in [3.05, 3.63) is 63.8 Å². The predicted molar refractivity (Wildman–Crippen MR) is 85.3 cm³/mol. The molecule has 2 aromatic rings. The van der Waals surface area contributed by atoms with Gasteiger partial charge in [-0.1, -0.05) is 29.8 Å². The Balaban J connectivity index is 2.22. The van der Waals surface area contributed by atoms with Crippen molar-refractivity contribution in [1.29, 1.82) is 0 Å². The smallest absolute Gasteiger partial charge is 0.230 e. The first kappa shape index (κ1) is 13.5. The molecule has 0 fully saturated rings. The SMILES string of the molecule is Cc1ccccc1C1=[N+]([O-])c2ccc(Cl)cc2SC1C. The molecule has 1 heterocycles. The van der Waals surface area contributed by atoms with Gasteiger partial charge < -0.3 is 5.21 Å². The van der Waals surface area contributed by atoms with E-state index < -0.39 is 0 Å². The number of nitrogens with zero attached hydrogens (tertiary/aromatic N) is 1. The number of hydrogen-bond acceptors (Lipinski definition) is 2. The third-order valence-corrected chi connectivity index (χ3v) is 4.86. The quantitative estimate of drug-likeness (QED) is 0.560. The topological polar surface area (TPSA) is 26.1 Å². The summed E-state index contributed by atoms with van der Waals surface area (Å²) in [5.74, 6) is 0. The second-order valence-corrected chi connectivity index (χ2v) is 6.69. The first-order valence-electron chi connectivity index (χ1n) is 6.44. The van der Waals surface area contributed by atoms with Gasteiger partial charge in [0.05, 0.1) is 10.1 Å². The number of fused-ring (bicyclic) bond motifs is 1. The van der Waals surface area contributed by atoms with Gasteiger partial charge in [0.15, 0.2) is 0 Å². The fourth-order valence-corrected chi connectivity index (χ4v) is 3.90. The second-order valence-electron chi connectivity index (χ2n) is 4.87. The molecule has 102 valence electrons. The summed E-state index contributed by atoms with van der Waals surface area (Å²) in [6, 6.07) is 13.4. The average molecular weight is 304 g/mol. The van der Waals surface area contributed by atoms with E-state index in [1.54, 1.807) is 23.9 Å². The lowest BCUT2D eigenvalue weighted by Gasteiger charge is -2.23. The van der Waals surface area contributed by atoms with Gasteiger partial charge >= 0.3 is 0 Å². The molecule has 1 atom stereocenters. The molecule has 0 saturated heterocycles. The summed E-state index contributed by atoms with van der Waals surface area (Å²) >= 11 is 7.69. The minimum Gasteiger partial charge on any atom is -0.618 e. The van der Waals surface area contributed by atoms with Gasteiger partial charge in [-0.3, -0.25) is 0 Å². The molecule has 4 heteroatoms. The molecule has 1 aliphatic rings. The van der Waals surface area contributed by atoms with Gasteiger partial charge in [0, 0.05) is 16.7 Å². The van der Waals surface area contributed by atoms with Crippen molar-refractivity contribution < 1.29 is 4.74 Å². The number of rotatable bonds is 1. The highest BCUT2D eigenvalue weighted by Gasteiger charge is 2.31. The van der Waals surface area contributed by atoms with Gasteiger partial charge in [0.25, 0.3) is 0 Å². The van der Waals surface area contributed by atoms with Gasteiger partial charge in [-0.15, -0.1) is 11.8 Å². The lowest BCUT2D eigenvalue weighted by molar-refractivity contribution is -0.365. The summed E-state index contributed by atoms with van der Waals surface area (Å²) < 4.78 is 1.05. The average Bonchev–Trinajstić information content (AvgIpc) is 2.40. The molecule has 0 N–H and O–H groups in total. The fraction of sp³-hybridized carbons (Fsp3) is 0.188. The van der Waals surface area contributed by atoms with Crippen LogP contribution in [0.1, 0.15) is 18.1 Å². The van der Waals surface area contributed by atoms with Crippen LogP contribution in [-0.4, -0.2) is 15.7 Å². The maximum absolute atomic E-state index is 12.7. The minimum absolute atomic E-state index is 0.0968. The molecule has 0 bridgehead atoms. The maximum Gasteiger partial charge on any atom is 0.230 e. The van der Waals surface area contributed by atoms with Gasteiger partial charge in [-0.25, -0.2) is 0 Å². The van der Waals surface area contributed by atoms with Gasteiger partial charge in [0.2, 0.25) is 11.4 Å². The number of halogens is 1. The Kier molecular flexibility index (Phi) is 3.48. The molecule has 20 heavy (non-hydrogen) atoms. The van der Waals surface area contributed by atoms with Crippen molar-refractivity contribution in [2.45, 2.75) is 24.0 Å². The van der Waals surface area contributed by atoms with Crippen LogP contribution in [0.4, 0.5) is 5.69 Å². The Morgan fingerprint density at radius 1 is 1.20 bits per heavy atom. The first-order valence-corrected chi connectivity index (χ1v) is 7.70. The standard InChI is InChI=1S/C16H14ClNOS/c1-10-5-3-4-6-13(10)16-11(2)20-15-9-12(17)7-8-14(15)18(16)19/h3-9,11H,1-2H3. The van der Waals surface area contributed by atoms with Crippen LogP contribution >= 0.6 is 23.4 Å². The second kappa shape index (κ2) is 5.15. The van der Waals surface area contributed by atoms with Crippen molar-refractivity contribution in [3.8, 4) is 0 Å². The largest absolute Gasteiger partial charge is 0.618 e. The van der Waals surface area contributed by atoms with E-state index in [0.29, 0.717) is 10.7 Å². The third kappa shape index (κ3) is 2.21. The monoisotopic (exact) mass is 303 g/mol. The maximum atomic E-state index is 12.7. The molecule has 2 aromatic carbocycles. The molecular weight excluding hydrogens is 290 g/mol. The zero-order valence-corrected chi connectivity index (χ0v) is 12.8. The lowest BCUT2D eigenvalue weighted by Crippen LogP contribution is -2.27. The van der Waals surface area contributed by atoms with Crippen LogP contribution in [0, 0.1) is 12.1 Å². The Morgan fingerprint density at radius 3 is 2.70 bits per heavy atom. The molecule has 0 radical (unpaired) electrons. The molecule has 1 unspecified atom stereocenters. The Bertz CT molecular complexity index is 711. The molecule has 0 aliphatic carbocycles. The number of aryl methyl sites for hydroxylation is 1. The summed E-state index contributed by atoms with van der Waals surface area (Å²) in [4.78, 5) is 0.942. The minimum atomic E-state index is 0.0968. The lowest BCUT2D eigenvalue weighted by atomic mass is 10.0. The van der Waals surface area contributed by atoms with Crippen LogP contribution < -0.4 is 0 Å². The highest BCUT2D eigenvalue weighted by Crippen LogP contribution is 2.40. The summed E-state index contributed by atoms with van der Waals surface area (Å²) in [6.07, 6.45) is 0. The summed E-state index contributed by atoms with van der Waals surface area (Å²) in [5, 5.41) is 13.5. The Labute approximate surface area is 127 Å². The summed E-state index contributed by atoms with van der Waals surface area (Å²) in [7, 11) is 0. The highest BCUT2D eigenvalue weighted by atomic mass is 35.5. The predicted octanol–water partition coefficient (Wildman–Crippen LogP) is 4.77. The number of benzene rings is 2. The van der Waals surface area contributed by atoms with Crippen LogP contribution in [-0.2, 0) is 0 Å². The van der Waals surface area contributed by atoms with E-state index in [1.807, 2.05) is 37.3 Å². The molecule has 0 saturated carbocycles. The Morgan fingerprint density at radius 2 is 1.95 bits per heavy atom. The van der Waals surface area contributed by atoms with Crippen LogP contribution in [0.5, 0.6) is 0 Å². The van der Waals surface area contributed by atoms with Crippen LogP contribution in [0.15, 0.2) is 47.4 Å². The van der Waals surface area contributed by atoms with E-state index >= 15 is 0 Å². The molecule has 1 aliphatic heterocycles. The van der Waals surface area contributed by atoms with Gasteiger partial charge in [0.1, 0.15) is 0 Å². The van der Waals surface area contributed by atoms with E-state index in [2.05, 4.69) is 6.92 Å². The van der Waals surface area contributed by atoms with Crippen molar-refractivity contribution in [2.75, 3.05) is 0 Å². The van der Waals surface area contributed by atoms with Crippen LogP contribution in [0.3, 0.4) is 0 Å². The van der Waals surface area contributed by atoms with Crippen molar-refractivity contribution in [3.63, 3.8) is 0 Å². The Hall–Kier alpha value is -1.45. The van der Waals surface area contributed by atoms with Crippen molar-refractivity contribution >= 4 is 34.8 Å². The third-order valence-electron chi connectivity index (χ3n) is 3.47. The highest BCUT2D eigenvalue weighted by molar-refractivity contribution is 8.00. The van der Waals surface area contributed by atoms with E-state index in [-0.39, 0.29) is 5.25 Å². The van der Waals surface area contributed by atoms with E-state index in [4.69, 9.17) is 11.6 Å². The summed E-state index contributed by atoms with van der Waals surface area (Å²) in [5.41, 5.74) is 3.62. The molecule has 2 nitrogen and oxygen atoms in total. The number of hydrogen-bond donors (Lipinski definition) is 0. The van der Waals surface area contributed by atoms with Crippen molar-refractivity contribution in [1.82, 2.24) is 0 Å². The molecule has 0 amide bonds. The molecule has 0 spiro atoms. The van der Waals surface area contributed by atoms with E-state index in [9.17, 15) is 5.21 Å². The zero-order valence-electron chi connectivity index (χ0n) is 11.3. The molecular formula is C16H14ClNOS. The molecule has 3 rings (SSSR count). The van der Waals surface area contributed by atoms with Gasteiger partial charge in [-0.05, 0) is 37.6 Å². The zero-order chi connectivity index (χ0) is 14.3. The fourth-order valence-electron chi connectivity index (χ4n) is 2.48. The number of thioether (sulfide) groups is 1. The van der Waals surface area contributed by atoms with Crippen molar-refractivity contribution in [2.24, 2.45) is 0 Å².